The minimum absolute atomic E-state index is 0.0879. The molecule has 0 unspecified atom stereocenters. The Bertz CT molecular complexity index is 1400. The van der Waals surface area contributed by atoms with E-state index < -0.39 is 11.6 Å². The van der Waals surface area contributed by atoms with Crippen molar-refractivity contribution >= 4 is 11.6 Å². The Labute approximate surface area is 228 Å². The highest BCUT2D eigenvalue weighted by Crippen LogP contribution is 2.31. The molecule has 0 bridgehead atoms. The molecule has 1 amide bonds. The zero-order valence-electron chi connectivity index (χ0n) is 22.5. The van der Waals surface area contributed by atoms with Crippen molar-refractivity contribution in [3.05, 3.63) is 65.4 Å². The number of likely N-dealkylation sites (N-methyl/N-ethyl adjacent to an activating group) is 1. The van der Waals surface area contributed by atoms with Gasteiger partial charge in [-0.1, -0.05) is 19.4 Å². The standard InChI is InChI=1S/C30H34F2N6O/c1-3-5-20-11-13-36(18-20)24-9-10-28(26(32)15-24)38-29(21-7-8-22(17-33)25(31)14-21)16-27(35-38)30(39)37-12-4-6-23(19-37)34-2/h7-10,14-16,20,23,34H,3-6,11-13,18-19H2,1-2H3/t20-,23+/m0/s1. The molecule has 204 valence electrons. The van der Waals surface area contributed by atoms with Crippen LogP contribution in [0.15, 0.2) is 42.5 Å². The summed E-state index contributed by atoms with van der Waals surface area (Å²) in [6.07, 6.45) is 5.26. The number of amides is 1. The molecule has 2 aliphatic rings. The molecular weight excluding hydrogens is 498 g/mol. The molecular formula is C30H34F2N6O. The van der Waals surface area contributed by atoms with Crippen LogP contribution < -0.4 is 10.2 Å². The van der Waals surface area contributed by atoms with Gasteiger partial charge in [0.15, 0.2) is 11.5 Å². The van der Waals surface area contributed by atoms with E-state index in [1.54, 1.807) is 23.1 Å². The lowest BCUT2D eigenvalue weighted by Crippen LogP contribution is -2.47. The summed E-state index contributed by atoms with van der Waals surface area (Å²) in [5, 5.41) is 16.9. The number of nitrogens with one attached hydrogen (secondary N) is 1. The lowest BCUT2D eigenvalue weighted by molar-refractivity contribution is 0.0691. The highest BCUT2D eigenvalue weighted by molar-refractivity contribution is 5.94. The highest BCUT2D eigenvalue weighted by atomic mass is 19.1. The van der Waals surface area contributed by atoms with Crippen molar-refractivity contribution < 1.29 is 13.6 Å². The average Bonchev–Trinajstić information content (AvgIpc) is 3.61. The van der Waals surface area contributed by atoms with Gasteiger partial charge in [-0.3, -0.25) is 4.79 Å². The van der Waals surface area contributed by atoms with Gasteiger partial charge >= 0.3 is 0 Å². The van der Waals surface area contributed by atoms with Crippen LogP contribution in [-0.2, 0) is 0 Å². The lowest BCUT2D eigenvalue weighted by Gasteiger charge is -2.32. The van der Waals surface area contributed by atoms with Crippen molar-refractivity contribution in [2.75, 3.05) is 38.1 Å². The molecule has 2 saturated heterocycles. The van der Waals surface area contributed by atoms with Crippen molar-refractivity contribution in [2.45, 2.75) is 45.1 Å². The number of carbonyl (C=O) groups excluding carboxylic acids is 1. The number of carbonyl (C=O) groups is 1. The molecule has 2 atom stereocenters. The Morgan fingerprint density at radius 2 is 1.95 bits per heavy atom. The minimum atomic E-state index is -0.685. The molecule has 0 saturated carbocycles. The van der Waals surface area contributed by atoms with E-state index in [0.29, 0.717) is 30.3 Å². The fourth-order valence-electron chi connectivity index (χ4n) is 5.77. The van der Waals surface area contributed by atoms with Crippen LogP contribution >= 0.6 is 0 Å². The summed E-state index contributed by atoms with van der Waals surface area (Å²) in [4.78, 5) is 17.4. The zero-order chi connectivity index (χ0) is 27.5. The molecule has 0 spiro atoms. The summed E-state index contributed by atoms with van der Waals surface area (Å²) in [6, 6.07) is 12.8. The zero-order valence-corrected chi connectivity index (χ0v) is 22.5. The molecule has 3 aromatic rings. The van der Waals surface area contributed by atoms with Gasteiger partial charge in [-0.05, 0) is 75.0 Å². The summed E-state index contributed by atoms with van der Waals surface area (Å²) in [5.41, 5.74) is 1.84. The third-order valence-corrected chi connectivity index (χ3v) is 7.94. The van der Waals surface area contributed by atoms with E-state index in [-0.39, 0.29) is 28.9 Å². The third-order valence-electron chi connectivity index (χ3n) is 7.94. The first-order valence-electron chi connectivity index (χ1n) is 13.7. The van der Waals surface area contributed by atoms with E-state index >= 15 is 4.39 Å². The first-order chi connectivity index (χ1) is 18.9. The SMILES string of the molecule is CCC[C@H]1CCN(c2ccc(-n3nc(C(=O)N4CCC[C@@H](NC)C4)cc3-c3ccc(C#N)c(F)c3)c(F)c2)C1. The minimum Gasteiger partial charge on any atom is -0.371 e. The van der Waals surface area contributed by atoms with Gasteiger partial charge in [-0.15, -0.1) is 0 Å². The van der Waals surface area contributed by atoms with E-state index in [1.807, 2.05) is 19.2 Å². The number of nitrogens with zero attached hydrogens (tertiary/aromatic N) is 5. The van der Waals surface area contributed by atoms with E-state index in [2.05, 4.69) is 22.2 Å². The van der Waals surface area contributed by atoms with Crippen LogP contribution in [0.1, 0.15) is 55.1 Å². The van der Waals surface area contributed by atoms with Crippen molar-refractivity contribution in [1.29, 1.82) is 5.26 Å². The number of likely N-dealkylation sites (tertiary alicyclic amines) is 1. The summed E-state index contributed by atoms with van der Waals surface area (Å²) in [5.74, 6) is -0.792. The van der Waals surface area contributed by atoms with Gasteiger partial charge < -0.3 is 15.1 Å². The van der Waals surface area contributed by atoms with Crippen LogP contribution in [0.3, 0.4) is 0 Å². The second-order valence-electron chi connectivity index (χ2n) is 10.5. The number of halogens is 2. The normalized spacial score (nSPS) is 19.4. The molecule has 39 heavy (non-hydrogen) atoms. The number of hydrogen-bond donors (Lipinski definition) is 1. The molecule has 0 radical (unpaired) electrons. The third kappa shape index (κ3) is 5.52. The number of piperidine rings is 1. The van der Waals surface area contributed by atoms with Gasteiger partial charge in [-0.25, -0.2) is 13.5 Å². The number of hydrogen-bond acceptors (Lipinski definition) is 5. The smallest absolute Gasteiger partial charge is 0.274 e. The molecule has 1 aromatic heterocycles. The molecule has 7 nitrogen and oxygen atoms in total. The van der Waals surface area contributed by atoms with Crippen LogP contribution in [0.2, 0.25) is 0 Å². The molecule has 1 N–H and O–H groups in total. The Kier molecular flexibility index (Phi) is 7.94. The Morgan fingerprint density at radius 3 is 2.67 bits per heavy atom. The monoisotopic (exact) mass is 532 g/mol. The number of nitriles is 1. The average molecular weight is 533 g/mol. The van der Waals surface area contributed by atoms with Crippen LogP contribution in [0.25, 0.3) is 16.9 Å². The number of aromatic nitrogens is 2. The van der Waals surface area contributed by atoms with Crippen molar-refractivity contribution in [3.8, 4) is 23.0 Å². The summed E-state index contributed by atoms with van der Waals surface area (Å²) >= 11 is 0. The van der Waals surface area contributed by atoms with Gasteiger partial charge in [0.1, 0.15) is 17.6 Å². The van der Waals surface area contributed by atoms with Crippen molar-refractivity contribution in [1.82, 2.24) is 20.0 Å². The Balaban J connectivity index is 1.52. The van der Waals surface area contributed by atoms with Gasteiger partial charge in [0.2, 0.25) is 0 Å². The van der Waals surface area contributed by atoms with Crippen molar-refractivity contribution in [2.24, 2.45) is 5.92 Å². The summed E-state index contributed by atoms with van der Waals surface area (Å²) < 4.78 is 31.6. The fraction of sp³-hybridized carbons (Fsp3) is 0.433. The van der Waals surface area contributed by atoms with Gasteiger partial charge in [0.25, 0.3) is 5.91 Å². The van der Waals surface area contributed by atoms with Crippen LogP contribution in [0, 0.1) is 28.9 Å². The predicted molar refractivity (Wildman–Crippen MR) is 147 cm³/mol. The van der Waals surface area contributed by atoms with E-state index in [4.69, 9.17) is 5.26 Å². The van der Waals surface area contributed by atoms with E-state index in [9.17, 15) is 9.18 Å². The molecule has 3 heterocycles. The molecule has 5 rings (SSSR count). The molecule has 2 fully saturated rings. The number of anilines is 1. The Morgan fingerprint density at radius 1 is 1.10 bits per heavy atom. The number of rotatable bonds is 7. The maximum atomic E-state index is 15.7. The maximum absolute atomic E-state index is 15.7. The molecule has 9 heteroatoms. The van der Waals surface area contributed by atoms with E-state index in [0.717, 1.165) is 50.9 Å². The van der Waals surface area contributed by atoms with Crippen molar-refractivity contribution in [3.63, 3.8) is 0 Å². The largest absolute Gasteiger partial charge is 0.371 e. The fourth-order valence-corrected chi connectivity index (χ4v) is 5.77. The quantitative estimate of drug-likeness (QED) is 0.456. The molecule has 2 aliphatic heterocycles. The van der Waals surface area contributed by atoms with Crippen LogP contribution in [0.4, 0.5) is 14.5 Å². The first kappa shape index (κ1) is 26.8. The Hall–Kier alpha value is -3.77. The lowest BCUT2D eigenvalue weighted by atomic mass is 10.0. The highest BCUT2D eigenvalue weighted by Gasteiger charge is 2.28. The van der Waals surface area contributed by atoms with Gasteiger partial charge in [-0.2, -0.15) is 10.4 Å². The van der Waals surface area contributed by atoms with Crippen LogP contribution in [-0.4, -0.2) is 59.9 Å². The summed E-state index contributed by atoms with van der Waals surface area (Å²) in [7, 11) is 1.88. The first-order valence-corrected chi connectivity index (χ1v) is 13.7. The number of benzene rings is 2. The predicted octanol–water partition coefficient (Wildman–Crippen LogP) is 5.14. The second kappa shape index (κ2) is 11.5. The summed E-state index contributed by atoms with van der Waals surface area (Å²) in [6.45, 7) is 5.15. The molecule has 2 aromatic carbocycles. The topological polar surface area (TPSA) is 77.2 Å². The maximum Gasteiger partial charge on any atom is 0.274 e. The second-order valence-corrected chi connectivity index (χ2v) is 10.5. The van der Waals surface area contributed by atoms with Gasteiger partial charge in [0, 0.05) is 43.5 Å². The molecule has 0 aliphatic carbocycles. The van der Waals surface area contributed by atoms with Gasteiger partial charge in [0.05, 0.1) is 11.3 Å². The van der Waals surface area contributed by atoms with E-state index in [1.165, 1.54) is 22.9 Å². The van der Waals surface area contributed by atoms with Crippen LogP contribution in [0.5, 0.6) is 0 Å².